The highest BCUT2D eigenvalue weighted by atomic mass is 19.4. The zero-order chi connectivity index (χ0) is 19.7. The third-order valence-corrected chi connectivity index (χ3v) is 4.07. The molecule has 1 N–H and O–H groups in total. The summed E-state index contributed by atoms with van der Waals surface area (Å²) < 4.78 is 43.0. The van der Waals surface area contributed by atoms with E-state index in [0.29, 0.717) is 12.4 Å². The van der Waals surface area contributed by atoms with Gasteiger partial charge < -0.3 is 10.1 Å². The lowest BCUT2D eigenvalue weighted by Crippen LogP contribution is -2.19. The summed E-state index contributed by atoms with van der Waals surface area (Å²) >= 11 is 0. The molecule has 4 rings (SSSR count). The summed E-state index contributed by atoms with van der Waals surface area (Å²) in [6, 6.07) is 12.8. The molecule has 0 unspecified atom stereocenters. The van der Waals surface area contributed by atoms with Gasteiger partial charge in [-0.05, 0) is 24.6 Å². The lowest BCUT2D eigenvalue weighted by molar-refractivity contribution is -0.154. The summed E-state index contributed by atoms with van der Waals surface area (Å²) in [5, 5.41) is 8.65. The lowest BCUT2D eigenvalue weighted by Gasteiger charge is -2.11. The summed E-state index contributed by atoms with van der Waals surface area (Å²) in [5.41, 5.74) is 3.31. The first-order chi connectivity index (χ1) is 13.4. The molecule has 0 fully saturated rings. The van der Waals surface area contributed by atoms with Gasteiger partial charge in [-0.15, -0.1) is 0 Å². The Hall–Kier alpha value is -3.36. The largest absolute Gasteiger partial charge is 0.468 e. The molecular weight excluding hydrogens is 371 g/mol. The van der Waals surface area contributed by atoms with Crippen LogP contribution in [0.2, 0.25) is 0 Å². The van der Waals surface area contributed by atoms with Gasteiger partial charge >= 0.3 is 6.18 Å². The fraction of sp³-hybridized carbons (Fsp3) is 0.211. The number of ether oxygens (including phenoxy) is 1. The number of halogens is 3. The Morgan fingerprint density at radius 1 is 1.14 bits per heavy atom. The van der Waals surface area contributed by atoms with Crippen LogP contribution in [0, 0.1) is 6.92 Å². The summed E-state index contributed by atoms with van der Waals surface area (Å²) in [5.74, 6) is 0.626. The number of pyridine rings is 1. The third-order valence-electron chi connectivity index (χ3n) is 4.07. The van der Waals surface area contributed by atoms with Gasteiger partial charge in [0.05, 0.1) is 11.2 Å². The van der Waals surface area contributed by atoms with Crippen LogP contribution in [0.5, 0.6) is 5.88 Å². The number of rotatable bonds is 5. The summed E-state index contributed by atoms with van der Waals surface area (Å²) in [6.07, 6.45) is -2.91. The summed E-state index contributed by atoms with van der Waals surface area (Å²) in [4.78, 5) is 8.55. The van der Waals surface area contributed by atoms with Crippen molar-refractivity contribution < 1.29 is 17.9 Å². The Balaban J connectivity index is 1.53. The van der Waals surface area contributed by atoms with E-state index in [1.807, 2.05) is 37.3 Å². The highest BCUT2D eigenvalue weighted by molar-refractivity contribution is 5.91. The van der Waals surface area contributed by atoms with Crippen molar-refractivity contribution >= 4 is 22.4 Å². The number of anilines is 1. The Kier molecular flexibility index (Phi) is 4.50. The van der Waals surface area contributed by atoms with E-state index in [0.717, 1.165) is 27.8 Å². The highest BCUT2D eigenvalue weighted by Crippen LogP contribution is 2.24. The Bertz CT molecular complexity index is 1120. The zero-order valence-electron chi connectivity index (χ0n) is 14.9. The topological polar surface area (TPSA) is 64.3 Å². The van der Waals surface area contributed by atoms with Crippen LogP contribution in [0.4, 0.5) is 19.0 Å². The van der Waals surface area contributed by atoms with Crippen LogP contribution in [-0.4, -0.2) is 32.4 Å². The predicted molar refractivity (Wildman–Crippen MR) is 98.3 cm³/mol. The molecule has 3 aromatic heterocycles. The van der Waals surface area contributed by atoms with Gasteiger partial charge in [-0.25, -0.2) is 14.5 Å². The second-order valence-electron chi connectivity index (χ2n) is 6.30. The molecule has 1 aromatic carbocycles. The molecule has 0 bridgehead atoms. The maximum absolute atomic E-state index is 12.2. The van der Waals surface area contributed by atoms with Crippen molar-refractivity contribution in [3.63, 3.8) is 0 Å². The molecule has 28 heavy (non-hydrogen) atoms. The smallest absolute Gasteiger partial charge is 0.422 e. The fourth-order valence-corrected chi connectivity index (χ4v) is 2.85. The van der Waals surface area contributed by atoms with Gasteiger partial charge in [-0.1, -0.05) is 18.2 Å². The number of hydrogen-bond acceptors (Lipinski definition) is 5. The van der Waals surface area contributed by atoms with Crippen molar-refractivity contribution in [3.05, 3.63) is 59.9 Å². The molecule has 3 heterocycles. The second-order valence-corrected chi connectivity index (χ2v) is 6.30. The maximum atomic E-state index is 12.2. The minimum atomic E-state index is -4.39. The minimum Gasteiger partial charge on any atom is -0.468 e. The summed E-state index contributed by atoms with van der Waals surface area (Å²) in [7, 11) is 0. The molecule has 0 aliphatic carbocycles. The van der Waals surface area contributed by atoms with E-state index >= 15 is 0 Å². The van der Waals surface area contributed by atoms with E-state index in [1.54, 1.807) is 10.6 Å². The molecule has 0 radical (unpaired) electrons. The fourth-order valence-electron chi connectivity index (χ4n) is 2.85. The molecule has 0 spiro atoms. The highest BCUT2D eigenvalue weighted by Gasteiger charge is 2.28. The molecule has 0 aliphatic heterocycles. The lowest BCUT2D eigenvalue weighted by atomic mass is 10.2. The first-order valence-electron chi connectivity index (χ1n) is 8.52. The van der Waals surface area contributed by atoms with Crippen LogP contribution in [0.1, 0.15) is 11.3 Å². The average molecular weight is 387 g/mol. The van der Waals surface area contributed by atoms with E-state index in [4.69, 9.17) is 0 Å². The van der Waals surface area contributed by atoms with Gasteiger partial charge in [0.25, 0.3) is 0 Å². The van der Waals surface area contributed by atoms with E-state index in [1.165, 1.54) is 12.3 Å². The number of aryl methyl sites for hydroxylation is 1. The molecule has 4 aromatic rings. The van der Waals surface area contributed by atoms with E-state index in [2.05, 4.69) is 25.1 Å². The van der Waals surface area contributed by atoms with Crippen LogP contribution in [0.3, 0.4) is 0 Å². The van der Waals surface area contributed by atoms with Crippen molar-refractivity contribution in [1.29, 1.82) is 0 Å². The van der Waals surface area contributed by atoms with Gasteiger partial charge in [0, 0.05) is 30.3 Å². The van der Waals surface area contributed by atoms with E-state index < -0.39 is 12.8 Å². The SMILES string of the molecule is Cc1cc2nc(NCc3ccc(OCC(F)(F)F)nc3)c3ccccc3n2n1. The zero-order valence-corrected chi connectivity index (χ0v) is 14.9. The van der Waals surface area contributed by atoms with Crippen LogP contribution in [-0.2, 0) is 6.54 Å². The molecule has 0 amide bonds. The molecule has 0 aliphatic rings. The van der Waals surface area contributed by atoms with Gasteiger partial charge in [0.2, 0.25) is 5.88 Å². The van der Waals surface area contributed by atoms with Crippen molar-refractivity contribution in [2.45, 2.75) is 19.6 Å². The van der Waals surface area contributed by atoms with Crippen LogP contribution in [0.15, 0.2) is 48.7 Å². The molecule has 0 saturated heterocycles. The first-order valence-corrected chi connectivity index (χ1v) is 8.52. The van der Waals surface area contributed by atoms with Gasteiger partial charge in [-0.2, -0.15) is 18.3 Å². The van der Waals surface area contributed by atoms with Crippen LogP contribution >= 0.6 is 0 Å². The Morgan fingerprint density at radius 2 is 1.96 bits per heavy atom. The number of para-hydroxylation sites is 1. The number of benzene rings is 1. The number of fused-ring (bicyclic) bond motifs is 3. The van der Waals surface area contributed by atoms with Gasteiger partial charge in [-0.3, -0.25) is 0 Å². The Morgan fingerprint density at radius 3 is 2.71 bits per heavy atom. The first kappa shape index (κ1) is 18.0. The predicted octanol–water partition coefficient (Wildman–Crippen LogP) is 4.14. The van der Waals surface area contributed by atoms with E-state index in [9.17, 15) is 13.2 Å². The van der Waals surface area contributed by atoms with Crippen molar-refractivity contribution in [1.82, 2.24) is 19.6 Å². The standard InChI is InChI=1S/C19H16F3N5O/c1-12-8-16-25-18(14-4-2-3-5-15(14)27(16)26-12)24-10-13-6-7-17(23-9-13)28-11-19(20,21)22/h2-9H,10-11H2,1H3,(H,24,25). The number of hydrogen-bond donors (Lipinski definition) is 1. The minimum absolute atomic E-state index is 0.0687. The van der Waals surface area contributed by atoms with Crippen LogP contribution in [0.25, 0.3) is 16.6 Å². The number of nitrogens with one attached hydrogen (secondary N) is 1. The molecule has 0 saturated carbocycles. The number of nitrogens with zero attached hydrogens (tertiary/aromatic N) is 4. The number of aromatic nitrogens is 4. The second kappa shape index (κ2) is 6.99. The summed E-state index contributed by atoms with van der Waals surface area (Å²) in [6.45, 7) is 0.954. The molecule has 0 atom stereocenters. The van der Waals surface area contributed by atoms with Crippen LogP contribution < -0.4 is 10.1 Å². The Labute approximate surface area is 158 Å². The monoisotopic (exact) mass is 387 g/mol. The van der Waals surface area contributed by atoms with Crippen molar-refractivity contribution in [2.24, 2.45) is 0 Å². The molecular formula is C19H16F3N5O. The third kappa shape index (κ3) is 3.83. The molecule has 144 valence electrons. The molecule has 9 heteroatoms. The van der Waals surface area contributed by atoms with Crippen molar-refractivity contribution in [2.75, 3.05) is 11.9 Å². The maximum Gasteiger partial charge on any atom is 0.422 e. The number of alkyl halides is 3. The molecule has 6 nitrogen and oxygen atoms in total. The quantitative estimate of drug-likeness (QED) is 0.558. The van der Waals surface area contributed by atoms with Gasteiger partial charge in [0.15, 0.2) is 12.3 Å². The van der Waals surface area contributed by atoms with E-state index in [-0.39, 0.29) is 5.88 Å². The average Bonchev–Trinajstić information content (AvgIpc) is 3.05. The normalized spacial score (nSPS) is 11.9. The van der Waals surface area contributed by atoms with Crippen molar-refractivity contribution in [3.8, 4) is 5.88 Å². The van der Waals surface area contributed by atoms with Gasteiger partial charge in [0.1, 0.15) is 5.82 Å².